The van der Waals surface area contributed by atoms with Crippen LogP contribution in [0.5, 0.6) is 0 Å². The highest BCUT2D eigenvalue weighted by Gasteiger charge is 2.09. The van der Waals surface area contributed by atoms with E-state index in [-0.39, 0.29) is 0 Å². The van der Waals surface area contributed by atoms with E-state index in [1.165, 1.54) is 42.4 Å². The van der Waals surface area contributed by atoms with Gasteiger partial charge in [0.15, 0.2) is 0 Å². The Morgan fingerprint density at radius 1 is 0.826 bits per heavy atom. The average Bonchev–Trinajstić information content (AvgIpc) is 2.89. The van der Waals surface area contributed by atoms with Crippen LogP contribution in [0.25, 0.3) is 11.1 Å². The summed E-state index contributed by atoms with van der Waals surface area (Å²) in [5, 5.41) is 7.92. The molecule has 0 radical (unpaired) electrons. The summed E-state index contributed by atoms with van der Waals surface area (Å²) in [5.41, 5.74) is 4.82. The Morgan fingerprint density at radius 3 is 2.04 bits per heavy atom. The molecule has 0 atom stereocenters. The van der Waals surface area contributed by atoms with Gasteiger partial charge >= 0.3 is 0 Å². The van der Waals surface area contributed by atoms with E-state index in [1.807, 2.05) is 0 Å². The Kier molecular flexibility index (Phi) is 5.87. The zero-order chi connectivity index (χ0) is 15.9. The highest BCUT2D eigenvalue weighted by atomic mass is 79.9. The largest absolute Gasteiger partial charge is 0.297 e. The van der Waals surface area contributed by atoms with Crippen molar-refractivity contribution >= 4 is 21.6 Å². The van der Waals surface area contributed by atoms with Gasteiger partial charge in [0.2, 0.25) is 0 Å². The molecule has 0 amide bonds. The summed E-state index contributed by atoms with van der Waals surface area (Å²) >= 11 is 3.60. The van der Waals surface area contributed by atoms with Gasteiger partial charge in [-0.05, 0) is 29.5 Å². The number of alkyl halides is 1. The molecule has 1 fully saturated rings. The Balaban J connectivity index is 1.78. The van der Waals surface area contributed by atoms with Crippen LogP contribution in [0.4, 0.5) is 0 Å². The summed E-state index contributed by atoms with van der Waals surface area (Å²) in [4.78, 5) is 0. The molecule has 1 aliphatic heterocycles. The minimum absolute atomic E-state index is 0.786. The topological polar surface area (TPSA) is 15.6 Å². The second-order valence-corrected chi connectivity index (χ2v) is 6.55. The maximum absolute atomic E-state index is 4.89. The van der Waals surface area contributed by atoms with Crippen LogP contribution in [0.3, 0.4) is 0 Å². The number of rotatable bonds is 4. The summed E-state index contributed by atoms with van der Waals surface area (Å²) in [6.45, 7) is 2.16. The molecule has 120 valence electrons. The van der Waals surface area contributed by atoms with Crippen LogP contribution in [0.1, 0.15) is 31.2 Å². The molecule has 1 heterocycles. The third-order valence-electron chi connectivity index (χ3n) is 4.30. The maximum atomic E-state index is 4.89. The predicted molar refractivity (Wildman–Crippen MR) is 102 cm³/mol. The van der Waals surface area contributed by atoms with E-state index in [2.05, 4.69) is 75.5 Å². The Bertz CT molecular complexity index is 626. The van der Waals surface area contributed by atoms with Gasteiger partial charge < -0.3 is 0 Å². The third kappa shape index (κ3) is 4.44. The van der Waals surface area contributed by atoms with Crippen molar-refractivity contribution in [3.8, 4) is 11.1 Å². The minimum atomic E-state index is 0.786. The van der Waals surface area contributed by atoms with Crippen molar-refractivity contribution in [3.63, 3.8) is 0 Å². The molecule has 0 spiro atoms. The van der Waals surface area contributed by atoms with Crippen molar-refractivity contribution in [2.24, 2.45) is 5.10 Å². The number of nitrogens with zero attached hydrogens (tertiary/aromatic N) is 2. The van der Waals surface area contributed by atoms with Crippen LogP contribution in [0, 0.1) is 0 Å². The van der Waals surface area contributed by atoms with Gasteiger partial charge in [-0.3, -0.25) is 5.01 Å². The van der Waals surface area contributed by atoms with Crippen LogP contribution < -0.4 is 0 Å². The van der Waals surface area contributed by atoms with Gasteiger partial charge in [0, 0.05) is 18.4 Å². The van der Waals surface area contributed by atoms with Crippen LogP contribution in [-0.2, 0) is 0 Å². The number of halogens is 1. The molecule has 1 aliphatic rings. The smallest absolute Gasteiger partial charge is 0.0782 e. The van der Waals surface area contributed by atoms with Crippen molar-refractivity contribution in [2.45, 2.75) is 25.7 Å². The van der Waals surface area contributed by atoms with Crippen molar-refractivity contribution in [3.05, 3.63) is 60.2 Å². The zero-order valence-electron chi connectivity index (χ0n) is 13.4. The minimum Gasteiger partial charge on any atom is -0.297 e. The lowest BCUT2D eigenvalue weighted by atomic mass is 10.0. The standard InChI is InChI=1S/C20H23BrN2/c21-16-20(22-23-14-6-1-2-7-15-23)19-12-10-18(11-13-19)17-8-4-3-5-9-17/h3-5,8-13H,1-2,6-7,14-16H2. The quantitative estimate of drug-likeness (QED) is 0.524. The molecular formula is C20H23BrN2. The van der Waals surface area contributed by atoms with E-state index in [4.69, 9.17) is 5.10 Å². The average molecular weight is 371 g/mol. The summed E-state index contributed by atoms with van der Waals surface area (Å²) in [6.07, 6.45) is 5.18. The zero-order valence-corrected chi connectivity index (χ0v) is 15.0. The number of hydrogen-bond donors (Lipinski definition) is 0. The van der Waals surface area contributed by atoms with Crippen molar-refractivity contribution in [1.29, 1.82) is 0 Å². The third-order valence-corrected chi connectivity index (χ3v) is 4.83. The lowest BCUT2D eigenvalue weighted by Gasteiger charge is -2.18. The lowest BCUT2D eigenvalue weighted by Crippen LogP contribution is -2.21. The number of hydrogen-bond acceptors (Lipinski definition) is 2. The first-order chi connectivity index (χ1) is 11.4. The molecular weight excluding hydrogens is 348 g/mol. The Morgan fingerprint density at radius 2 is 1.43 bits per heavy atom. The maximum Gasteiger partial charge on any atom is 0.0782 e. The van der Waals surface area contributed by atoms with E-state index < -0.39 is 0 Å². The molecule has 1 saturated heterocycles. The molecule has 23 heavy (non-hydrogen) atoms. The van der Waals surface area contributed by atoms with Gasteiger partial charge in [-0.1, -0.05) is 83.4 Å². The van der Waals surface area contributed by atoms with Gasteiger partial charge in [0.1, 0.15) is 0 Å². The van der Waals surface area contributed by atoms with E-state index in [0.717, 1.165) is 24.1 Å². The first kappa shape index (κ1) is 16.3. The lowest BCUT2D eigenvalue weighted by molar-refractivity contribution is 0.301. The molecule has 0 unspecified atom stereocenters. The molecule has 3 rings (SSSR count). The summed E-state index contributed by atoms with van der Waals surface area (Å²) < 4.78 is 0. The van der Waals surface area contributed by atoms with Crippen molar-refractivity contribution < 1.29 is 0 Å². The molecule has 0 bridgehead atoms. The molecule has 0 N–H and O–H groups in total. The highest BCUT2D eigenvalue weighted by Crippen LogP contribution is 2.20. The summed E-state index contributed by atoms with van der Waals surface area (Å²) in [7, 11) is 0. The van der Waals surface area contributed by atoms with Gasteiger partial charge in [0.05, 0.1) is 5.71 Å². The SMILES string of the molecule is BrCC(=NN1CCCCCC1)c1ccc(-c2ccccc2)cc1. The van der Waals surface area contributed by atoms with E-state index >= 15 is 0 Å². The van der Waals surface area contributed by atoms with E-state index in [1.54, 1.807) is 0 Å². The van der Waals surface area contributed by atoms with Gasteiger partial charge in [-0.2, -0.15) is 5.10 Å². The van der Waals surface area contributed by atoms with Gasteiger partial charge in [0.25, 0.3) is 0 Å². The monoisotopic (exact) mass is 370 g/mol. The normalized spacial score (nSPS) is 16.2. The number of hydrazone groups is 1. The van der Waals surface area contributed by atoms with Crippen LogP contribution in [-0.4, -0.2) is 29.1 Å². The second-order valence-electron chi connectivity index (χ2n) is 5.99. The molecule has 2 aromatic rings. The van der Waals surface area contributed by atoms with Crippen LogP contribution >= 0.6 is 15.9 Å². The van der Waals surface area contributed by atoms with Gasteiger partial charge in [-0.25, -0.2) is 0 Å². The van der Waals surface area contributed by atoms with E-state index in [0.29, 0.717) is 0 Å². The van der Waals surface area contributed by atoms with Crippen LogP contribution in [0.2, 0.25) is 0 Å². The number of benzene rings is 2. The Hall–Kier alpha value is -1.61. The van der Waals surface area contributed by atoms with Crippen LogP contribution in [0.15, 0.2) is 59.7 Å². The first-order valence-electron chi connectivity index (χ1n) is 8.41. The fourth-order valence-corrected chi connectivity index (χ4v) is 3.41. The fourth-order valence-electron chi connectivity index (χ4n) is 2.97. The predicted octanol–water partition coefficient (Wildman–Crippen LogP) is 5.33. The first-order valence-corrected chi connectivity index (χ1v) is 9.53. The van der Waals surface area contributed by atoms with E-state index in [9.17, 15) is 0 Å². The van der Waals surface area contributed by atoms with Crippen molar-refractivity contribution in [1.82, 2.24) is 5.01 Å². The van der Waals surface area contributed by atoms with Gasteiger partial charge in [-0.15, -0.1) is 0 Å². The summed E-state index contributed by atoms with van der Waals surface area (Å²) in [6, 6.07) is 19.2. The highest BCUT2D eigenvalue weighted by molar-refractivity contribution is 9.09. The molecule has 0 aromatic heterocycles. The molecule has 3 heteroatoms. The van der Waals surface area contributed by atoms with Crippen molar-refractivity contribution in [2.75, 3.05) is 18.4 Å². The molecule has 2 aromatic carbocycles. The molecule has 0 saturated carbocycles. The molecule has 0 aliphatic carbocycles. The molecule has 2 nitrogen and oxygen atoms in total. The second kappa shape index (κ2) is 8.30. The summed E-state index contributed by atoms with van der Waals surface area (Å²) in [5.74, 6) is 0. The fraction of sp³-hybridized carbons (Fsp3) is 0.350. The Labute approximate surface area is 147 Å².